The lowest BCUT2D eigenvalue weighted by Gasteiger charge is -2.18. The molecular formula is C13H18FN. The molecule has 0 saturated heterocycles. The van der Waals surface area contributed by atoms with Crippen LogP contribution in [0.3, 0.4) is 0 Å². The Labute approximate surface area is 90.7 Å². The molecule has 0 aromatic heterocycles. The average molecular weight is 207 g/mol. The van der Waals surface area contributed by atoms with E-state index in [2.05, 4.69) is 12.2 Å². The van der Waals surface area contributed by atoms with Gasteiger partial charge in [-0.1, -0.05) is 38.0 Å². The summed E-state index contributed by atoms with van der Waals surface area (Å²) < 4.78 is 13.6. The second-order valence-electron chi connectivity index (χ2n) is 4.31. The fourth-order valence-electron chi connectivity index (χ4n) is 2.01. The molecule has 0 bridgehead atoms. The third kappa shape index (κ3) is 2.78. The zero-order chi connectivity index (χ0) is 10.7. The molecule has 0 heterocycles. The van der Waals surface area contributed by atoms with Gasteiger partial charge in [0.1, 0.15) is 5.82 Å². The van der Waals surface area contributed by atoms with Crippen molar-refractivity contribution in [2.45, 2.75) is 32.2 Å². The molecule has 1 fully saturated rings. The highest BCUT2D eigenvalue weighted by Crippen LogP contribution is 2.38. The van der Waals surface area contributed by atoms with Crippen LogP contribution >= 0.6 is 0 Å². The molecule has 1 N–H and O–H groups in total. The molecule has 1 aromatic rings. The van der Waals surface area contributed by atoms with Gasteiger partial charge >= 0.3 is 0 Å². The number of rotatable bonds is 5. The molecule has 1 nitrogen and oxygen atoms in total. The lowest BCUT2D eigenvalue weighted by Crippen LogP contribution is -2.22. The van der Waals surface area contributed by atoms with Crippen molar-refractivity contribution in [3.05, 3.63) is 35.6 Å². The summed E-state index contributed by atoms with van der Waals surface area (Å²) in [4.78, 5) is 0. The fourth-order valence-corrected chi connectivity index (χ4v) is 2.01. The second-order valence-corrected chi connectivity index (χ2v) is 4.31. The summed E-state index contributed by atoms with van der Waals surface area (Å²) in [7, 11) is 0. The van der Waals surface area contributed by atoms with Gasteiger partial charge in [-0.2, -0.15) is 0 Å². The minimum Gasteiger partial charge on any atom is -0.310 e. The predicted octanol–water partition coefficient (Wildman–Crippen LogP) is 3.28. The molecular weight excluding hydrogens is 189 g/mol. The van der Waals surface area contributed by atoms with Crippen molar-refractivity contribution in [2.24, 2.45) is 5.92 Å². The third-order valence-electron chi connectivity index (χ3n) is 3.00. The van der Waals surface area contributed by atoms with Crippen LogP contribution < -0.4 is 5.32 Å². The predicted molar refractivity (Wildman–Crippen MR) is 60.2 cm³/mol. The number of hydrogen-bond acceptors (Lipinski definition) is 1. The SMILES string of the molecule is CCNC(CC1CC1)c1ccccc1F. The molecule has 15 heavy (non-hydrogen) atoms. The van der Waals surface area contributed by atoms with Crippen LogP contribution in [0.1, 0.15) is 37.8 Å². The molecule has 0 spiro atoms. The standard InChI is InChI=1S/C13H18FN/c1-2-15-13(9-10-7-8-10)11-5-3-4-6-12(11)14/h3-6,10,13,15H,2,7-9H2,1H3. The normalized spacial score (nSPS) is 17.7. The van der Waals surface area contributed by atoms with Crippen LogP contribution in [0.5, 0.6) is 0 Å². The van der Waals surface area contributed by atoms with E-state index in [1.807, 2.05) is 12.1 Å². The maximum Gasteiger partial charge on any atom is 0.127 e. The average Bonchev–Trinajstić information content (AvgIpc) is 3.02. The Morgan fingerprint density at radius 1 is 1.40 bits per heavy atom. The van der Waals surface area contributed by atoms with Crippen molar-refractivity contribution in [1.82, 2.24) is 5.32 Å². The van der Waals surface area contributed by atoms with Crippen LogP contribution in [0.4, 0.5) is 4.39 Å². The van der Waals surface area contributed by atoms with E-state index >= 15 is 0 Å². The van der Waals surface area contributed by atoms with Crippen molar-refractivity contribution >= 4 is 0 Å². The summed E-state index contributed by atoms with van der Waals surface area (Å²) >= 11 is 0. The first-order valence-corrected chi connectivity index (χ1v) is 5.79. The summed E-state index contributed by atoms with van der Waals surface area (Å²) in [5, 5.41) is 3.37. The largest absolute Gasteiger partial charge is 0.310 e. The second kappa shape index (κ2) is 4.75. The van der Waals surface area contributed by atoms with E-state index in [1.54, 1.807) is 12.1 Å². The van der Waals surface area contributed by atoms with Gasteiger partial charge < -0.3 is 5.32 Å². The van der Waals surface area contributed by atoms with Gasteiger partial charge in [-0.25, -0.2) is 4.39 Å². The summed E-state index contributed by atoms with van der Waals surface area (Å²) in [6, 6.07) is 7.30. The number of halogens is 1. The van der Waals surface area contributed by atoms with Crippen LogP contribution in [-0.4, -0.2) is 6.54 Å². The van der Waals surface area contributed by atoms with E-state index in [9.17, 15) is 4.39 Å². The Morgan fingerprint density at radius 2 is 2.13 bits per heavy atom. The van der Waals surface area contributed by atoms with Gasteiger partial charge in [0.2, 0.25) is 0 Å². The molecule has 0 amide bonds. The maximum atomic E-state index is 13.6. The van der Waals surface area contributed by atoms with Crippen molar-refractivity contribution in [1.29, 1.82) is 0 Å². The van der Waals surface area contributed by atoms with Crippen LogP contribution in [0.25, 0.3) is 0 Å². The highest BCUT2D eigenvalue weighted by atomic mass is 19.1. The van der Waals surface area contributed by atoms with Crippen molar-refractivity contribution in [3.8, 4) is 0 Å². The van der Waals surface area contributed by atoms with Gasteiger partial charge in [0.25, 0.3) is 0 Å². The lowest BCUT2D eigenvalue weighted by atomic mass is 10.0. The smallest absolute Gasteiger partial charge is 0.127 e. The fraction of sp³-hybridized carbons (Fsp3) is 0.538. The summed E-state index contributed by atoms with van der Waals surface area (Å²) in [6.45, 7) is 2.96. The van der Waals surface area contributed by atoms with E-state index in [0.717, 1.165) is 24.4 Å². The zero-order valence-corrected chi connectivity index (χ0v) is 9.17. The van der Waals surface area contributed by atoms with Gasteiger partial charge in [-0.3, -0.25) is 0 Å². The van der Waals surface area contributed by atoms with E-state index in [-0.39, 0.29) is 11.9 Å². The quantitative estimate of drug-likeness (QED) is 0.781. The molecule has 1 aliphatic rings. The Balaban J connectivity index is 2.11. The highest BCUT2D eigenvalue weighted by Gasteiger charge is 2.26. The minimum absolute atomic E-state index is 0.0795. The molecule has 0 aliphatic heterocycles. The first-order valence-electron chi connectivity index (χ1n) is 5.79. The van der Waals surface area contributed by atoms with E-state index in [0.29, 0.717) is 0 Å². The lowest BCUT2D eigenvalue weighted by molar-refractivity contribution is 0.463. The highest BCUT2D eigenvalue weighted by molar-refractivity contribution is 5.21. The van der Waals surface area contributed by atoms with Crippen molar-refractivity contribution in [3.63, 3.8) is 0 Å². The molecule has 1 atom stereocenters. The molecule has 1 aromatic carbocycles. The van der Waals surface area contributed by atoms with E-state index in [1.165, 1.54) is 12.8 Å². The van der Waals surface area contributed by atoms with E-state index in [4.69, 9.17) is 0 Å². The van der Waals surface area contributed by atoms with Crippen LogP contribution in [0.2, 0.25) is 0 Å². The van der Waals surface area contributed by atoms with Gasteiger partial charge in [0, 0.05) is 11.6 Å². The molecule has 1 aliphatic carbocycles. The van der Waals surface area contributed by atoms with Gasteiger partial charge in [0.05, 0.1) is 0 Å². The molecule has 2 heteroatoms. The van der Waals surface area contributed by atoms with Crippen LogP contribution in [-0.2, 0) is 0 Å². The molecule has 1 saturated carbocycles. The maximum absolute atomic E-state index is 13.6. The third-order valence-corrected chi connectivity index (χ3v) is 3.00. The summed E-state index contributed by atoms with van der Waals surface area (Å²) in [5.74, 6) is 0.734. The number of benzene rings is 1. The van der Waals surface area contributed by atoms with Crippen molar-refractivity contribution < 1.29 is 4.39 Å². The first-order chi connectivity index (χ1) is 7.31. The van der Waals surface area contributed by atoms with Crippen LogP contribution in [0, 0.1) is 11.7 Å². The Hall–Kier alpha value is -0.890. The van der Waals surface area contributed by atoms with E-state index < -0.39 is 0 Å². The van der Waals surface area contributed by atoms with Gasteiger partial charge in [-0.15, -0.1) is 0 Å². The first kappa shape index (κ1) is 10.6. The van der Waals surface area contributed by atoms with Gasteiger partial charge in [-0.05, 0) is 24.9 Å². The number of hydrogen-bond donors (Lipinski definition) is 1. The van der Waals surface area contributed by atoms with Gasteiger partial charge in [0.15, 0.2) is 0 Å². The number of nitrogens with one attached hydrogen (secondary N) is 1. The van der Waals surface area contributed by atoms with Crippen LogP contribution in [0.15, 0.2) is 24.3 Å². The topological polar surface area (TPSA) is 12.0 Å². The Bertz CT molecular complexity index is 320. The minimum atomic E-state index is -0.0795. The Morgan fingerprint density at radius 3 is 2.73 bits per heavy atom. The van der Waals surface area contributed by atoms with Crippen molar-refractivity contribution in [2.75, 3.05) is 6.54 Å². The monoisotopic (exact) mass is 207 g/mol. The molecule has 1 unspecified atom stereocenters. The zero-order valence-electron chi connectivity index (χ0n) is 9.17. The summed E-state index contributed by atoms with van der Waals surface area (Å²) in [6.07, 6.45) is 3.71. The Kier molecular flexibility index (Phi) is 3.37. The molecule has 0 radical (unpaired) electrons. The molecule has 82 valence electrons. The summed E-state index contributed by atoms with van der Waals surface area (Å²) in [5.41, 5.74) is 0.825. The molecule has 2 rings (SSSR count).